The van der Waals surface area contributed by atoms with Gasteiger partial charge >= 0.3 is 0 Å². The lowest BCUT2D eigenvalue weighted by atomic mass is 9.94. The van der Waals surface area contributed by atoms with E-state index in [1.54, 1.807) is 6.33 Å². The van der Waals surface area contributed by atoms with Crippen molar-refractivity contribution in [3.05, 3.63) is 18.2 Å². The molecule has 1 N–H and O–H groups in total. The zero-order valence-corrected chi connectivity index (χ0v) is 14.2. The maximum atomic E-state index is 5.17. The lowest BCUT2D eigenvalue weighted by Gasteiger charge is -2.34. The van der Waals surface area contributed by atoms with Gasteiger partial charge in [0.2, 0.25) is 0 Å². The van der Waals surface area contributed by atoms with E-state index in [1.165, 1.54) is 49.4 Å². The molecule has 1 aromatic heterocycles. The van der Waals surface area contributed by atoms with E-state index >= 15 is 0 Å². The van der Waals surface area contributed by atoms with Gasteiger partial charge in [-0.25, -0.2) is 4.98 Å². The Morgan fingerprint density at radius 1 is 1.27 bits per heavy atom. The number of fused-ring (bicyclic) bond motifs is 2. The number of piperidine rings is 1. The molecule has 1 aromatic rings. The number of aromatic amines is 1. The van der Waals surface area contributed by atoms with Crippen LogP contribution in [0.5, 0.6) is 0 Å². The van der Waals surface area contributed by atoms with Crippen molar-refractivity contribution in [2.45, 2.75) is 50.5 Å². The van der Waals surface area contributed by atoms with Crippen LogP contribution >= 0.6 is 11.8 Å². The van der Waals surface area contributed by atoms with Gasteiger partial charge in [0.05, 0.1) is 12.4 Å². The fraction of sp³-hybridized carbons (Fsp3) is 0.765. The number of thioether (sulfide) groups is 1. The van der Waals surface area contributed by atoms with Crippen LogP contribution in [0.3, 0.4) is 0 Å². The molecule has 0 amide bonds. The summed E-state index contributed by atoms with van der Waals surface area (Å²) in [6.07, 6.45) is 14.1. The summed E-state index contributed by atoms with van der Waals surface area (Å²) in [5.41, 5.74) is 1.30. The molecule has 3 aliphatic rings. The molecule has 0 spiro atoms. The first-order chi connectivity index (χ1) is 10.8. The van der Waals surface area contributed by atoms with Crippen LogP contribution in [0.2, 0.25) is 0 Å². The molecule has 22 heavy (non-hydrogen) atoms. The summed E-state index contributed by atoms with van der Waals surface area (Å²) in [4.78, 5) is 15.1. The number of rotatable bonds is 2. The first-order valence-corrected chi connectivity index (χ1v) is 9.91. The number of likely N-dealkylation sites (tertiary alicyclic amines) is 1. The fourth-order valence-corrected chi connectivity index (χ4v) is 5.33. The minimum atomic E-state index is 0.617. The molecule has 0 radical (unpaired) electrons. The second-order valence-electron chi connectivity index (χ2n) is 7.13. The zero-order chi connectivity index (χ0) is 14.9. The second-order valence-corrected chi connectivity index (χ2v) is 7.90. The van der Waals surface area contributed by atoms with Crippen LogP contribution in [0.4, 0.5) is 0 Å². The Labute approximate surface area is 137 Å². The smallest absolute Gasteiger partial charge is 0.159 e. The van der Waals surface area contributed by atoms with Gasteiger partial charge in [0, 0.05) is 30.9 Å². The molecule has 0 aromatic carbocycles. The van der Waals surface area contributed by atoms with Gasteiger partial charge < -0.3 is 9.88 Å². The Balaban J connectivity index is 1.38. The first kappa shape index (κ1) is 14.6. The molecule has 2 aliphatic carbocycles. The lowest BCUT2D eigenvalue weighted by molar-refractivity contribution is 0.311. The molecule has 2 bridgehead atoms. The third kappa shape index (κ3) is 2.80. The van der Waals surface area contributed by atoms with Crippen molar-refractivity contribution in [3.8, 4) is 0 Å². The molecule has 4 nitrogen and oxygen atoms in total. The van der Waals surface area contributed by atoms with Gasteiger partial charge in [0.1, 0.15) is 0 Å². The van der Waals surface area contributed by atoms with Crippen molar-refractivity contribution < 1.29 is 0 Å². The zero-order valence-electron chi connectivity index (χ0n) is 13.4. The highest BCUT2D eigenvalue weighted by atomic mass is 32.2. The van der Waals surface area contributed by atoms with Gasteiger partial charge in [-0.3, -0.25) is 4.99 Å². The topological polar surface area (TPSA) is 44.3 Å². The predicted molar refractivity (Wildman–Crippen MR) is 92.3 cm³/mol. The third-order valence-corrected chi connectivity index (χ3v) is 6.61. The molecule has 2 heterocycles. The molecule has 3 fully saturated rings. The second kappa shape index (κ2) is 6.26. The number of nitrogens with one attached hydrogen (secondary N) is 1. The van der Waals surface area contributed by atoms with E-state index in [-0.39, 0.29) is 0 Å². The van der Waals surface area contributed by atoms with E-state index in [0.717, 1.165) is 24.9 Å². The van der Waals surface area contributed by atoms with Crippen LogP contribution in [-0.2, 0) is 0 Å². The Bertz CT molecular complexity index is 519. The summed E-state index contributed by atoms with van der Waals surface area (Å²) >= 11 is 1.85. The van der Waals surface area contributed by atoms with Crippen LogP contribution in [-0.4, -0.2) is 45.4 Å². The Hall–Kier alpha value is -0.970. The number of imidazole rings is 1. The third-order valence-electron chi connectivity index (χ3n) is 5.88. The van der Waals surface area contributed by atoms with Gasteiger partial charge in [-0.2, -0.15) is 0 Å². The van der Waals surface area contributed by atoms with Crippen molar-refractivity contribution in [2.75, 3.05) is 19.3 Å². The average Bonchev–Trinajstić information content (AvgIpc) is 3.30. The standard InChI is InChI=1S/C17H26N4S/c1-22-17(20-15-9-12-2-3-14(15)8-12)21-6-4-13(5-7-21)16-10-18-11-19-16/h10-15H,2-9H2,1H3,(H,18,19)/t12-,14+,15+/m1/s1. The van der Waals surface area contributed by atoms with Gasteiger partial charge in [0.25, 0.3) is 0 Å². The number of nitrogens with zero attached hydrogens (tertiary/aromatic N) is 3. The maximum Gasteiger partial charge on any atom is 0.159 e. The Morgan fingerprint density at radius 3 is 2.73 bits per heavy atom. The van der Waals surface area contributed by atoms with Gasteiger partial charge in [-0.1, -0.05) is 18.2 Å². The molecule has 0 unspecified atom stereocenters. The first-order valence-electron chi connectivity index (χ1n) is 8.68. The number of amidine groups is 1. The van der Waals surface area contributed by atoms with E-state index in [9.17, 15) is 0 Å². The van der Waals surface area contributed by atoms with Crippen molar-refractivity contribution >= 4 is 16.9 Å². The van der Waals surface area contributed by atoms with Crippen LogP contribution in [0.15, 0.2) is 17.5 Å². The van der Waals surface area contributed by atoms with Gasteiger partial charge in [-0.05, 0) is 50.2 Å². The molecular formula is C17H26N4S. The number of hydrogen-bond acceptors (Lipinski definition) is 3. The summed E-state index contributed by atoms with van der Waals surface area (Å²) in [7, 11) is 0. The predicted octanol–water partition coefficient (Wildman–Crippen LogP) is 3.50. The van der Waals surface area contributed by atoms with Crippen molar-refractivity contribution in [2.24, 2.45) is 16.8 Å². The highest BCUT2D eigenvalue weighted by Crippen LogP contribution is 2.46. The largest absolute Gasteiger partial charge is 0.351 e. The van der Waals surface area contributed by atoms with Crippen LogP contribution in [0.25, 0.3) is 0 Å². The number of aliphatic imine (C=N–C) groups is 1. The summed E-state index contributed by atoms with van der Waals surface area (Å²) in [6, 6.07) is 0.617. The lowest BCUT2D eigenvalue weighted by Crippen LogP contribution is -2.37. The molecule has 2 saturated carbocycles. The minimum absolute atomic E-state index is 0.617. The number of aromatic nitrogens is 2. The monoisotopic (exact) mass is 318 g/mol. The highest BCUT2D eigenvalue weighted by molar-refractivity contribution is 8.13. The van der Waals surface area contributed by atoms with E-state index in [0.29, 0.717) is 12.0 Å². The molecule has 4 rings (SSSR count). The van der Waals surface area contributed by atoms with Gasteiger partial charge in [-0.15, -0.1) is 0 Å². The molecular weight excluding hydrogens is 292 g/mol. The highest BCUT2D eigenvalue weighted by Gasteiger charge is 2.39. The SMILES string of the molecule is CSC(=N[C@H]1C[C@@H]2CC[C@H]1C2)N1CCC(c2cnc[nH]2)CC1. The molecule has 1 saturated heterocycles. The number of hydrogen-bond donors (Lipinski definition) is 1. The summed E-state index contributed by atoms with van der Waals surface area (Å²) in [5.74, 6) is 2.51. The van der Waals surface area contributed by atoms with Crippen LogP contribution in [0, 0.1) is 11.8 Å². The van der Waals surface area contributed by atoms with Gasteiger partial charge in [0.15, 0.2) is 5.17 Å². The Morgan fingerprint density at radius 2 is 2.14 bits per heavy atom. The van der Waals surface area contributed by atoms with E-state index in [1.807, 2.05) is 18.0 Å². The molecule has 5 heteroatoms. The molecule has 1 aliphatic heterocycles. The van der Waals surface area contributed by atoms with Crippen molar-refractivity contribution in [1.29, 1.82) is 0 Å². The molecule has 120 valence electrons. The summed E-state index contributed by atoms with van der Waals surface area (Å²) in [5, 5.41) is 1.29. The molecule has 3 atom stereocenters. The van der Waals surface area contributed by atoms with Crippen LogP contribution < -0.4 is 0 Å². The van der Waals surface area contributed by atoms with Crippen molar-refractivity contribution in [3.63, 3.8) is 0 Å². The Kier molecular flexibility index (Phi) is 4.16. The quantitative estimate of drug-likeness (QED) is 0.670. The minimum Gasteiger partial charge on any atom is -0.351 e. The summed E-state index contributed by atoms with van der Waals surface area (Å²) < 4.78 is 0. The van der Waals surface area contributed by atoms with E-state index in [2.05, 4.69) is 21.1 Å². The van der Waals surface area contributed by atoms with E-state index in [4.69, 9.17) is 4.99 Å². The summed E-state index contributed by atoms with van der Waals surface area (Å²) in [6.45, 7) is 2.26. The normalized spacial score (nSPS) is 32.9. The maximum absolute atomic E-state index is 5.17. The average molecular weight is 318 g/mol. The van der Waals surface area contributed by atoms with Crippen LogP contribution in [0.1, 0.15) is 50.1 Å². The number of H-pyrrole nitrogens is 1. The van der Waals surface area contributed by atoms with Crippen molar-refractivity contribution in [1.82, 2.24) is 14.9 Å². The van der Waals surface area contributed by atoms with E-state index < -0.39 is 0 Å². The fourth-order valence-electron chi connectivity index (χ4n) is 4.65.